The van der Waals surface area contributed by atoms with E-state index in [9.17, 15) is 19.7 Å². The van der Waals surface area contributed by atoms with Crippen LogP contribution in [0.1, 0.15) is 27.0 Å². The zero-order chi connectivity index (χ0) is 16.3. The standard InChI is InChI=1S/C14H10BrNO5S/c1-8(13(17)9-2-4-10(15)5-3-9)21-14(18)11-6-7-12(22-11)16(19)20/h2-8H,1H3/t8-/m0/s1. The molecule has 0 amide bonds. The second-order valence-electron chi connectivity index (χ2n) is 4.31. The van der Waals surface area contributed by atoms with Crippen LogP contribution in [0.15, 0.2) is 40.9 Å². The number of halogens is 1. The second-order valence-corrected chi connectivity index (χ2v) is 6.29. The van der Waals surface area contributed by atoms with E-state index < -0.39 is 17.0 Å². The quantitative estimate of drug-likeness (QED) is 0.338. The summed E-state index contributed by atoms with van der Waals surface area (Å²) in [5.41, 5.74) is 0.417. The van der Waals surface area contributed by atoms with Gasteiger partial charge in [0.05, 0.1) is 4.92 Å². The van der Waals surface area contributed by atoms with Gasteiger partial charge >= 0.3 is 11.0 Å². The average Bonchev–Trinajstić information content (AvgIpc) is 2.97. The summed E-state index contributed by atoms with van der Waals surface area (Å²) < 4.78 is 5.90. The highest BCUT2D eigenvalue weighted by atomic mass is 79.9. The number of carbonyl (C=O) groups excluding carboxylic acids is 2. The highest BCUT2D eigenvalue weighted by molar-refractivity contribution is 9.10. The van der Waals surface area contributed by atoms with E-state index in [0.29, 0.717) is 16.9 Å². The minimum Gasteiger partial charge on any atom is -0.450 e. The Hall–Kier alpha value is -2.06. The van der Waals surface area contributed by atoms with Crippen molar-refractivity contribution in [2.75, 3.05) is 0 Å². The molecule has 2 aromatic rings. The molecule has 0 saturated carbocycles. The predicted molar refractivity (Wildman–Crippen MR) is 84.3 cm³/mol. The summed E-state index contributed by atoms with van der Waals surface area (Å²) in [6, 6.07) is 9.19. The summed E-state index contributed by atoms with van der Waals surface area (Å²) in [5.74, 6) is -1.09. The molecule has 8 heteroatoms. The predicted octanol–water partition coefficient (Wildman–Crippen LogP) is 3.85. The van der Waals surface area contributed by atoms with Gasteiger partial charge in [0.25, 0.3) is 0 Å². The van der Waals surface area contributed by atoms with Crippen molar-refractivity contribution in [1.29, 1.82) is 0 Å². The Balaban J connectivity index is 2.05. The third-order valence-corrected chi connectivity index (χ3v) is 4.30. The number of nitro groups is 1. The van der Waals surface area contributed by atoms with Crippen LogP contribution in [0.5, 0.6) is 0 Å². The molecular formula is C14H10BrNO5S. The van der Waals surface area contributed by atoms with Crippen molar-refractivity contribution in [3.63, 3.8) is 0 Å². The first-order valence-electron chi connectivity index (χ1n) is 6.13. The number of benzene rings is 1. The number of rotatable bonds is 5. The van der Waals surface area contributed by atoms with Crippen LogP contribution in [-0.4, -0.2) is 22.8 Å². The smallest absolute Gasteiger partial charge is 0.349 e. The Morgan fingerprint density at radius 1 is 1.23 bits per heavy atom. The van der Waals surface area contributed by atoms with Crippen molar-refractivity contribution < 1.29 is 19.2 Å². The second kappa shape index (κ2) is 6.80. The van der Waals surface area contributed by atoms with Gasteiger partial charge in [-0.15, -0.1) is 0 Å². The van der Waals surface area contributed by atoms with Gasteiger partial charge in [-0.05, 0) is 25.1 Å². The molecule has 0 spiro atoms. The van der Waals surface area contributed by atoms with Gasteiger partial charge < -0.3 is 4.74 Å². The molecule has 0 aliphatic carbocycles. The fraction of sp³-hybridized carbons (Fsp3) is 0.143. The summed E-state index contributed by atoms with van der Waals surface area (Å²) in [4.78, 5) is 34.1. The van der Waals surface area contributed by atoms with Crippen LogP contribution < -0.4 is 0 Å². The molecule has 22 heavy (non-hydrogen) atoms. The number of Topliss-reactive ketones (excluding diaryl/α,β-unsaturated/α-hetero) is 1. The number of ketones is 1. The Morgan fingerprint density at radius 2 is 1.86 bits per heavy atom. The summed E-state index contributed by atoms with van der Waals surface area (Å²) in [6.45, 7) is 1.46. The first kappa shape index (κ1) is 16.3. The molecule has 1 atom stereocenters. The maximum absolute atomic E-state index is 12.1. The third kappa shape index (κ3) is 3.77. The Morgan fingerprint density at radius 3 is 2.41 bits per heavy atom. The number of carbonyl (C=O) groups is 2. The van der Waals surface area contributed by atoms with Crippen molar-refractivity contribution in [3.8, 4) is 0 Å². The fourth-order valence-electron chi connectivity index (χ4n) is 1.66. The van der Waals surface area contributed by atoms with Crippen molar-refractivity contribution in [2.45, 2.75) is 13.0 Å². The van der Waals surface area contributed by atoms with Crippen LogP contribution in [0.3, 0.4) is 0 Å². The van der Waals surface area contributed by atoms with E-state index in [1.807, 2.05) is 0 Å². The molecule has 1 aromatic heterocycles. The molecule has 1 aromatic carbocycles. The lowest BCUT2D eigenvalue weighted by Crippen LogP contribution is -2.24. The van der Waals surface area contributed by atoms with Crippen molar-refractivity contribution >= 4 is 44.0 Å². The molecule has 0 saturated heterocycles. The molecule has 0 bridgehead atoms. The lowest BCUT2D eigenvalue weighted by molar-refractivity contribution is -0.380. The molecule has 1 heterocycles. The van der Waals surface area contributed by atoms with E-state index in [2.05, 4.69) is 15.9 Å². The molecule has 0 aliphatic rings. The highest BCUT2D eigenvalue weighted by Gasteiger charge is 2.23. The summed E-state index contributed by atoms with van der Waals surface area (Å²) in [5, 5.41) is 10.4. The average molecular weight is 384 g/mol. The van der Waals surface area contributed by atoms with E-state index in [1.165, 1.54) is 19.1 Å². The molecule has 0 fully saturated rings. The number of esters is 1. The summed E-state index contributed by atoms with van der Waals surface area (Å²) in [6.07, 6.45) is -0.977. The van der Waals surface area contributed by atoms with Crippen LogP contribution >= 0.6 is 27.3 Å². The lowest BCUT2D eigenvalue weighted by atomic mass is 10.1. The number of nitrogens with zero attached hydrogens (tertiary/aromatic N) is 1. The van der Waals surface area contributed by atoms with E-state index >= 15 is 0 Å². The van der Waals surface area contributed by atoms with Gasteiger partial charge in [-0.2, -0.15) is 0 Å². The molecule has 0 N–H and O–H groups in total. The van der Waals surface area contributed by atoms with Crippen LogP contribution in [-0.2, 0) is 4.74 Å². The van der Waals surface area contributed by atoms with Crippen molar-refractivity contribution in [2.24, 2.45) is 0 Å². The fourth-order valence-corrected chi connectivity index (χ4v) is 2.62. The summed E-state index contributed by atoms with van der Waals surface area (Å²) >= 11 is 3.98. The van der Waals surface area contributed by atoms with Crippen molar-refractivity contribution in [3.05, 3.63) is 61.4 Å². The number of hydrogen-bond donors (Lipinski definition) is 0. The molecule has 0 aliphatic heterocycles. The molecular weight excluding hydrogens is 374 g/mol. The number of ether oxygens (including phenoxy) is 1. The van der Waals surface area contributed by atoms with Crippen LogP contribution in [0.2, 0.25) is 0 Å². The first-order valence-corrected chi connectivity index (χ1v) is 7.74. The van der Waals surface area contributed by atoms with Gasteiger partial charge in [0, 0.05) is 16.1 Å². The van der Waals surface area contributed by atoms with Crippen LogP contribution in [0.4, 0.5) is 5.00 Å². The SMILES string of the molecule is C[C@H](OC(=O)c1ccc([N+](=O)[O-])s1)C(=O)c1ccc(Br)cc1. The number of hydrogen-bond acceptors (Lipinski definition) is 6. The molecule has 0 unspecified atom stereocenters. The van der Waals surface area contributed by atoms with E-state index in [4.69, 9.17) is 4.74 Å². The Kier molecular flexibility index (Phi) is 5.04. The minimum absolute atomic E-state index is 0.0853. The van der Waals surface area contributed by atoms with E-state index in [-0.39, 0.29) is 15.7 Å². The Labute approximate surface area is 138 Å². The Bertz CT molecular complexity index is 725. The van der Waals surface area contributed by atoms with Gasteiger partial charge in [0.15, 0.2) is 6.10 Å². The third-order valence-electron chi connectivity index (χ3n) is 2.75. The molecule has 2 rings (SSSR count). The molecule has 6 nitrogen and oxygen atoms in total. The summed E-state index contributed by atoms with van der Waals surface area (Å²) in [7, 11) is 0. The van der Waals surface area contributed by atoms with Gasteiger partial charge in [-0.25, -0.2) is 4.79 Å². The van der Waals surface area contributed by atoms with E-state index in [1.54, 1.807) is 24.3 Å². The van der Waals surface area contributed by atoms with Gasteiger partial charge in [-0.1, -0.05) is 39.4 Å². The van der Waals surface area contributed by atoms with Gasteiger partial charge in [0.2, 0.25) is 5.78 Å². The van der Waals surface area contributed by atoms with Crippen molar-refractivity contribution in [1.82, 2.24) is 0 Å². The minimum atomic E-state index is -0.977. The van der Waals surface area contributed by atoms with E-state index in [0.717, 1.165) is 4.47 Å². The van der Waals surface area contributed by atoms with Crippen LogP contribution in [0.25, 0.3) is 0 Å². The zero-order valence-corrected chi connectivity index (χ0v) is 13.7. The first-order chi connectivity index (χ1) is 10.4. The topological polar surface area (TPSA) is 86.5 Å². The van der Waals surface area contributed by atoms with Crippen LogP contribution in [0, 0.1) is 10.1 Å². The number of thiophene rings is 1. The maximum atomic E-state index is 12.1. The molecule has 0 radical (unpaired) electrons. The van der Waals surface area contributed by atoms with Gasteiger partial charge in [-0.3, -0.25) is 14.9 Å². The largest absolute Gasteiger partial charge is 0.450 e. The monoisotopic (exact) mass is 383 g/mol. The molecule has 114 valence electrons. The van der Waals surface area contributed by atoms with Gasteiger partial charge in [0.1, 0.15) is 4.88 Å². The zero-order valence-electron chi connectivity index (χ0n) is 11.3. The highest BCUT2D eigenvalue weighted by Crippen LogP contribution is 2.25. The maximum Gasteiger partial charge on any atom is 0.349 e. The normalized spacial score (nSPS) is 11.7. The lowest BCUT2D eigenvalue weighted by Gasteiger charge is -2.11.